The van der Waals surface area contributed by atoms with Crippen molar-refractivity contribution < 1.29 is 19.3 Å². The van der Waals surface area contributed by atoms with Gasteiger partial charge in [0, 0.05) is 5.56 Å². The van der Waals surface area contributed by atoms with Gasteiger partial charge in [0.2, 0.25) is 0 Å². The number of benzene rings is 1. The molecule has 0 aliphatic carbocycles. The number of ether oxygens (including phenoxy) is 3. The van der Waals surface area contributed by atoms with E-state index in [1.54, 1.807) is 41.2 Å². The van der Waals surface area contributed by atoms with E-state index in [0.717, 1.165) is 0 Å². The van der Waals surface area contributed by atoms with Crippen molar-refractivity contribution in [2.75, 3.05) is 21.3 Å². The first kappa shape index (κ1) is 14.1. The molecule has 0 unspecified atom stereocenters. The number of methoxy groups -OCH3 is 3. The summed E-state index contributed by atoms with van der Waals surface area (Å²) in [7, 11) is 4.64. The van der Waals surface area contributed by atoms with E-state index >= 15 is 0 Å². The van der Waals surface area contributed by atoms with Crippen molar-refractivity contribution in [1.29, 1.82) is 0 Å². The van der Waals surface area contributed by atoms with Crippen LogP contribution in [-0.4, -0.2) is 26.4 Å². The SMILES string of the molecule is COc1cc(C(C)(C)O)c(OC)c(Br)c1OC. The van der Waals surface area contributed by atoms with Crippen LogP contribution in [0.25, 0.3) is 0 Å². The maximum absolute atomic E-state index is 10.1. The molecule has 0 radical (unpaired) electrons. The quantitative estimate of drug-likeness (QED) is 0.929. The molecule has 4 nitrogen and oxygen atoms in total. The summed E-state index contributed by atoms with van der Waals surface area (Å²) in [6.07, 6.45) is 0. The van der Waals surface area contributed by atoms with Gasteiger partial charge in [0.25, 0.3) is 0 Å². The minimum Gasteiger partial charge on any atom is -0.495 e. The molecule has 17 heavy (non-hydrogen) atoms. The van der Waals surface area contributed by atoms with Crippen LogP contribution in [-0.2, 0) is 5.60 Å². The molecule has 0 fully saturated rings. The van der Waals surface area contributed by atoms with E-state index in [2.05, 4.69) is 15.9 Å². The van der Waals surface area contributed by atoms with Crippen molar-refractivity contribution >= 4 is 15.9 Å². The molecule has 1 N–H and O–H groups in total. The Hall–Kier alpha value is -0.940. The molecule has 0 spiro atoms. The van der Waals surface area contributed by atoms with Gasteiger partial charge in [0.15, 0.2) is 11.5 Å². The standard InChI is InChI=1S/C12H17BrO4/c1-12(2,14)7-6-8(15-3)11(17-5)9(13)10(7)16-4/h6,14H,1-5H3. The van der Waals surface area contributed by atoms with Crippen molar-refractivity contribution in [2.24, 2.45) is 0 Å². The molecule has 0 saturated carbocycles. The first-order valence-electron chi connectivity index (χ1n) is 5.08. The van der Waals surface area contributed by atoms with Crippen molar-refractivity contribution in [3.05, 3.63) is 16.1 Å². The van der Waals surface area contributed by atoms with E-state index in [-0.39, 0.29) is 0 Å². The van der Waals surface area contributed by atoms with Crippen molar-refractivity contribution in [3.63, 3.8) is 0 Å². The first-order valence-corrected chi connectivity index (χ1v) is 5.87. The Morgan fingerprint density at radius 1 is 1.06 bits per heavy atom. The lowest BCUT2D eigenvalue weighted by molar-refractivity contribution is 0.0751. The Labute approximate surface area is 110 Å². The van der Waals surface area contributed by atoms with E-state index in [4.69, 9.17) is 14.2 Å². The second-order valence-corrected chi connectivity index (χ2v) is 4.86. The number of aliphatic hydroxyl groups is 1. The molecular formula is C12H17BrO4. The van der Waals surface area contributed by atoms with Gasteiger partial charge in [0.05, 0.1) is 26.9 Å². The van der Waals surface area contributed by atoms with Crippen LogP contribution in [0.1, 0.15) is 19.4 Å². The lowest BCUT2D eigenvalue weighted by atomic mass is 9.96. The average Bonchev–Trinajstić information content (AvgIpc) is 2.26. The Bertz CT molecular complexity index is 410. The molecule has 5 heteroatoms. The van der Waals surface area contributed by atoms with E-state index < -0.39 is 5.60 Å². The second kappa shape index (κ2) is 5.14. The molecular weight excluding hydrogens is 288 g/mol. The number of hydrogen-bond donors (Lipinski definition) is 1. The largest absolute Gasteiger partial charge is 0.495 e. The van der Waals surface area contributed by atoms with Crippen LogP contribution < -0.4 is 14.2 Å². The van der Waals surface area contributed by atoms with Gasteiger partial charge >= 0.3 is 0 Å². The topological polar surface area (TPSA) is 47.9 Å². The van der Waals surface area contributed by atoms with Gasteiger partial charge in [-0.2, -0.15) is 0 Å². The second-order valence-electron chi connectivity index (χ2n) is 4.07. The number of rotatable bonds is 4. The summed E-state index contributed by atoms with van der Waals surface area (Å²) in [6, 6.07) is 1.71. The van der Waals surface area contributed by atoms with E-state index in [9.17, 15) is 5.11 Å². The number of hydrogen-bond acceptors (Lipinski definition) is 4. The van der Waals surface area contributed by atoms with Gasteiger partial charge in [-0.15, -0.1) is 0 Å². The third-order valence-corrected chi connectivity index (χ3v) is 3.15. The molecule has 1 rings (SSSR count). The highest BCUT2D eigenvalue weighted by atomic mass is 79.9. The zero-order valence-electron chi connectivity index (χ0n) is 10.6. The molecule has 0 aromatic heterocycles. The molecule has 96 valence electrons. The minimum absolute atomic E-state index is 0.537. The summed E-state index contributed by atoms with van der Waals surface area (Å²) in [4.78, 5) is 0. The smallest absolute Gasteiger partial charge is 0.178 e. The highest BCUT2D eigenvalue weighted by Crippen LogP contribution is 2.46. The molecule has 0 atom stereocenters. The van der Waals surface area contributed by atoms with Crippen molar-refractivity contribution in [2.45, 2.75) is 19.4 Å². The van der Waals surface area contributed by atoms with Crippen LogP contribution in [0.2, 0.25) is 0 Å². The fourth-order valence-electron chi connectivity index (χ4n) is 1.59. The highest BCUT2D eigenvalue weighted by molar-refractivity contribution is 9.10. The third kappa shape index (κ3) is 2.66. The Morgan fingerprint density at radius 2 is 1.59 bits per heavy atom. The predicted octanol–water partition coefficient (Wildman–Crippen LogP) is 2.70. The van der Waals surface area contributed by atoms with Crippen LogP contribution >= 0.6 is 15.9 Å². The highest BCUT2D eigenvalue weighted by Gasteiger charge is 2.27. The van der Waals surface area contributed by atoms with Crippen molar-refractivity contribution in [1.82, 2.24) is 0 Å². The lowest BCUT2D eigenvalue weighted by Gasteiger charge is -2.24. The average molecular weight is 305 g/mol. The fraction of sp³-hybridized carbons (Fsp3) is 0.500. The van der Waals surface area contributed by atoms with Gasteiger partial charge in [-0.25, -0.2) is 0 Å². The zero-order valence-corrected chi connectivity index (χ0v) is 12.2. The first-order chi connectivity index (χ1) is 7.86. The summed E-state index contributed by atoms with van der Waals surface area (Å²) in [6.45, 7) is 3.37. The van der Waals surface area contributed by atoms with E-state index in [1.807, 2.05) is 0 Å². The van der Waals surface area contributed by atoms with Gasteiger partial charge < -0.3 is 19.3 Å². The van der Waals surface area contributed by atoms with E-state index in [0.29, 0.717) is 27.3 Å². The molecule has 1 aromatic carbocycles. The molecule has 0 amide bonds. The summed E-state index contributed by atoms with van der Waals surface area (Å²) in [5.74, 6) is 1.62. The molecule has 0 saturated heterocycles. The predicted molar refractivity (Wildman–Crippen MR) is 69.0 cm³/mol. The van der Waals surface area contributed by atoms with Gasteiger partial charge in [-0.1, -0.05) is 0 Å². The Balaban J connectivity index is 3.57. The summed E-state index contributed by atoms with van der Waals surface area (Å²) < 4.78 is 16.4. The summed E-state index contributed by atoms with van der Waals surface area (Å²) in [5.41, 5.74) is -0.405. The molecule has 0 aliphatic heterocycles. The van der Waals surface area contributed by atoms with Crippen LogP contribution in [0.3, 0.4) is 0 Å². The summed E-state index contributed by atoms with van der Waals surface area (Å²) >= 11 is 3.40. The van der Waals surface area contributed by atoms with Crippen molar-refractivity contribution in [3.8, 4) is 17.2 Å². The Morgan fingerprint density at radius 3 is 1.94 bits per heavy atom. The van der Waals surface area contributed by atoms with Gasteiger partial charge in [0.1, 0.15) is 10.2 Å². The number of halogens is 1. The molecule has 0 heterocycles. The monoisotopic (exact) mass is 304 g/mol. The lowest BCUT2D eigenvalue weighted by Crippen LogP contribution is -2.17. The minimum atomic E-state index is -1.03. The summed E-state index contributed by atoms with van der Waals surface area (Å²) in [5, 5.41) is 10.1. The normalized spacial score (nSPS) is 11.2. The van der Waals surface area contributed by atoms with Gasteiger partial charge in [-0.05, 0) is 35.8 Å². The van der Waals surface area contributed by atoms with Gasteiger partial charge in [-0.3, -0.25) is 0 Å². The molecule has 0 bridgehead atoms. The third-order valence-electron chi connectivity index (χ3n) is 2.43. The maximum atomic E-state index is 10.1. The van der Waals surface area contributed by atoms with Crippen LogP contribution in [0.4, 0.5) is 0 Å². The van der Waals surface area contributed by atoms with Crippen LogP contribution in [0.15, 0.2) is 10.5 Å². The fourth-order valence-corrected chi connectivity index (χ4v) is 2.32. The molecule has 0 aliphatic rings. The van der Waals surface area contributed by atoms with Crippen LogP contribution in [0.5, 0.6) is 17.2 Å². The Kier molecular flexibility index (Phi) is 4.27. The zero-order chi connectivity index (χ0) is 13.2. The van der Waals surface area contributed by atoms with E-state index in [1.165, 1.54) is 0 Å². The molecule has 1 aromatic rings. The van der Waals surface area contributed by atoms with Crippen LogP contribution in [0, 0.1) is 0 Å². The maximum Gasteiger partial charge on any atom is 0.178 e.